The monoisotopic (exact) mass is 558 g/mol. The molecule has 3 aromatic heterocycles. The lowest BCUT2D eigenvalue weighted by atomic mass is 10.1. The van der Waals surface area contributed by atoms with Gasteiger partial charge in [0.2, 0.25) is 15.9 Å². The molecule has 0 aromatic carbocycles. The fourth-order valence-electron chi connectivity index (χ4n) is 5.35. The highest BCUT2D eigenvalue weighted by Crippen LogP contribution is 2.37. The van der Waals surface area contributed by atoms with E-state index in [9.17, 15) is 22.8 Å². The van der Waals surface area contributed by atoms with Gasteiger partial charge < -0.3 is 10.2 Å². The first-order chi connectivity index (χ1) is 17.8. The number of sulfonamides is 1. The number of fused-ring (bicyclic) bond motifs is 2. The molecule has 0 spiro atoms. The number of likely N-dealkylation sites (tertiary alicyclic amines) is 1. The summed E-state index contributed by atoms with van der Waals surface area (Å²) in [5.74, 6) is -0.801. The molecule has 0 radical (unpaired) electrons. The Morgan fingerprint density at radius 1 is 1.16 bits per heavy atom. The second-order valence-electron chi connectivity index (χ2n) is 9.89. The summed E-state index contributed by atoms with van der Waals surface area (Å²) in [6.07, 6.45) is 4.47. The smallest absolute Gasteiger partial charge is 0.262 e. The van der Waals surface area contributed by atoms with Crippen LogP contribution in [0.3, 0.4) is 0 Å². The van der Waals surface area contributed by atoms with Gasteiger partial charge >= 0.3 is 0 Å². The van der Waals surface area contributed by atoms with E-state index in [1.165, 1.54) is 26.7 Å². The Morgan fingerprint density at radius 3 is 2.73 bits per heavy atom. The van der Waals surface area contributed by atoms with Crippen LogP contribution >= 0.6 is 22.7 Å². The SMILES string of the molecule is O=C(NC(CC1CC1)C(=O)N1CCC2C1C(=O)CN2S(=O)(=O)Cc1ccccn1)c1cc2sccc2s1. The minimum Gasteiger partial charge on any atom is -0.340 e. The lowest BCUT2D eigenvalue weighted by molar-refractivity contribution is -0.138. The molecule has 2 amide bonds. The normalized spacial score (nSPS) is 22.9. The van der Waals surface area contributed by atoms with Crippen LogP contribution < -0.4 is 5.32 Å². The van der Waals surface area contributed by atoms with Gasteiger partial charge in [-0.25, -0.2) is 8.42 Å². The zero-order valence-electron chi connectivity index (χ0n) is 19.9. The number of aromatic nitrogens is 1. The summed E-state index contributed by atoms with van der Waals surface area (Å²) < 4.78 is 29.7. The third-order valence-corrected chi connectivity index (χ3v) is 11.2. The van der Waals surface area contributed by atoms with Gasteiger partial charge in [-0.15, -0.1) is 22.7 Å². The van der Waals surface area contributed by atoms with Gasteiger partial charge in [0.1, 0.15) is 17.8 Å². The number of nitrogens with one attached hydrogen (secondary N) is 1. The van der Waals surface area contributed by atoms with Gasteiger partial charge in [0.05, 0.1) is 23.2 Å². The quantitative estimate of drug-likeness (QED) is 0.454. The number of ketones is 1. The molecule has 2 saturated heterocycles. The van der Waals surface area contributed by atoms with Crippen molar-refractivity contribution in [3.63, 3.8) is 0 Å². The first-order valence-corrected chi connectivity index (χ1v) is 15.6. The van der Waals surface area contributed by atoms with Crippen molar-refractivity contribution in [1.29, 1.82) is 0 Å². The van der Waals surface area contributed by atoms with Crippen LogP contribution in [0.1, 0.15) is 41.0 Å². The fraction of sp³-hybridized carbons (Fsp3) is 0.440. The van der Waals surface area contributed by atoms with Crippen molar-refractivity contribution in [3.05, 3.63) is 52.5 Å². The maximum atomic E-state index is 13.7. The zero-order valence-corrected chi connectivity index (χ0v) is 22.4. The maximum absolute atomic E-state index is 13.7. The molecule has 9 nitrogen and oxygen atoms in total. The van der Waals surface area contributed by atoms with E-state index in [4.69, 9.17) is 0 Å². The molecule has 12 heteroatoms. The number of Topliss-reactive ketones (excluding diaryl/α,β-unsaturated/α-hetero) is 1. The molecule has 5 heterocycles. The molecule has 3 unspecified atom stereocenters. The van der Waals surface area contributed by atoms with Crippen LogP contribution in [0.5, 0.6) is 0 Å². The fourth-order valence-corrected chi connectivity index (χ4v) is 9.03. The molecule has 1 aliphatic carbocycles. The predicted octanol–water partition coefficient (Wildman–Crippen LogP) is 2.64. The molecule has 3 atom stereocenters. The standard InChI is InChI=1S/C25H26N4O5S3/c30-19-13-29(37(33,34)14-16-3-1-2-8-26-16)18-6-9-28(23(18)19)25(32)17(11-15-4-5-15)27-24(31)22-12-21-20(36-22)7-10-35-21/h1-3,7-8,10,12,15,17-18,23H,4-6,9,11,13-14H2,(H,27,31). The van der Waals surface area contributed by atoms with E-state index in [0.717, 1.165) is 22.2 Å². The topological polar surface area (TPSA) is 117 Å². The van der Waals surface area contributed by atoms with Crippen molar-refractivity contribution in [2.45, 2.75) is 49.6 Å². The van der Waals surface area contributed by atoms with E-state index >= 15 is 0 Å². The number of hydrogen-bond acceptors (Lipinski definition) is 8. The third kappa shape index (κ3) is 4.83. The Balaban J connectivity index is 1.19. The lowest BCUT2D eigenvalue weighted by Gasteiger charge is -2.28. The second kappa shape index (κ2) is 9.57. The summed E-state index contributed by atoms with van der Waals surface area (Å²) >= 11 is 2.96. The molecule has 2 aliphatic heterocycles. The van der Waals surface area contributed by atoms with Gasteiger partial charge in [-0.1, -0.05) is 18.9 Å². The van der Waals surface area contributed by atoms with Gasteiger partial charge in [-0.2, -0.15) is 4.31 Å². The van der Waals surface area contributed by atoms with Crippen LogP contribution in [0.2, 0.25) is 0 Å². The van der Waals surface area contributed by atoms with Gasteiger partial charge in [-0.3, -0.25) is 19.4 Å². The Kier molecular flexibility index (Phi) is 6.38. The minimum absolute atomic E-state index is 0.250. The first-order valence-electron chi connectivity index (χ1n) is 12.3. The summed E-state index contributed by atoms with van der Waals surface area (Å²) in [5, 5.41) is 4.91. The number of rotatable bonds is 8. The summed E-state index contributed by atoms with van der Waals surface area (Å²) in [4.78, 5) is 46.0. The number of pyridine rings is 1. The predicted molar refractivity (Wildman–Crippen MR) is 141 cm³/mol. The van der Waals surface area contributed by atoms with E-state index in [0.29, 0.717) is 29.3 Å². The number of carbonyl (C=O) groups excluding carboxylic acids is 3. The van der Waals surface area contributed by atoms with Crippen LogP contribution in [0.25, 0.3) is 9.40 Å². The molecule has 1 N–H and O–H groups in total. The van der Waals surface area contributed by atoms with Crippen molar-refractivity contribution >= 4 is 59.7 Å². The molecule has 194 valence electrons. The molecule has 6 rings (SSSR count). The molecule has 3 fully saturated rings. The van der Waals surface area contributed by atoms with Crippen LogP contribution in [0.4, 0.5) is 0 Å². The van der Waals surface area contributed by atoms with E-state index < -0.39 is 28.1 Å². The average Bonchev–Trinajstić information content (AvgIpc) is 3.20. The molecule has 3 aromatic rings. The Bertz CT molecular complexity index is 1440. The Labute approximate surface area is 222 Å². The number of thiophene rings is 2. The number of nitrogens with zero attached hydrogens (tertiary/aromatic N) is 3. The highest BCUT2D eigenvalue weighted by Gasteiger charge is 2.54. The van der Waals surface area contributed by atoms with Crippen molar-refractivity contribution in [2.75, 3.05) is 13.1 Å². The molecule has 0 bridgehead atoms. The van der Waals surface area contributed by atoms with Crippen LogP contribution in [0, 0.1) is 5.92 Å². The van der Waals surface area contributed by atoms with Crippen molar-refractivity contribution < 1.29 is 22.8 Å². The average molecular weight is 559 g/mol. The second-order valence-corrected chi connectivity index (χ2v) is 13.8. The van der Waals surface area contributed by atoms with Crippen LogP contribution in [-0.4, -0.2) is 71.4 Å². The summed E-state index contributed by atoms with van der Waals surface area (Å²) in [7, 11) is -3.80. The van der Waals surface area contributed by atoms with Crippen molar-refractivity contribution in [1.82, 2.24) is 19.5 Å². The number of hydrogen-bond donors (Lipinski definition) is 1. The van der Waals surface area contributed by atoms with Crippen LogP contribution in [0.15, 0.2) is 41.9 Å². The van der Waals surface area contributed by atoms with E-state index in [1.54, 1.807) is 29.5 Å². The van der Waals surface area contributed by atoms with E-state index in [-0.39, 0.29) is 36.4 Å². The highest BCUT2D eigenvalue weighted by molar-refractivity contribution is 7.88. The minimum atomic E-state index is -3.80. The zero-order chi connectivity index (χ0) is 25.7. The molecular formula is C25H26N4O5S3. The van der Waals surface area contributed by atoms with E-state index in [2.05, 4.69) is 10.3 Å². The third-order valence-electron chi connectivity index (χ3n) is 7.31. The molecule has 37 heavy (non-hydrogen) atoms. The van der Waals surface area contributed by atoms with Crippen molar-refractivity contribution in [3.8, 4) is 0 Å². The largest absolute Gasteiger partial charge is 0.340 e. The number of amides is 2. The van der Waals surface area contributed by atoms with Gasteiger partial charge in [-0.05, 0) is 48.4 Å². The molecule has 3 aliphatic rings. The van der Waals surface area contributed by atoms with Gasteiger partial charge in [0, 0.05) is 22.1 Å². The van der Waals surface area contributed by atoms with Crippen molar-refractivity contribution in [2.24, 2.45) is 5.92 Å². The molecular weight excluding hydrogens is 532 g/mol. The van der Waals surface area contributed by atoms with E-state index in [1.807, 2.05) is 17.5 Å². The number of carbonyl (C=O) groups is 3. The lowest BCUT2D eigenvalue weighted by Crippen LogP contribution is -2.52. The first kappa shape index (κ1) is 24.7. The highest BCUT2D eigenvalue weighted by atomic mass is 32.2. The summed E-state index contributed by atoms with van der Waals surface area (Å²) in [5.41, 5.74) is 0.407. The van der Waals surface area contributed by atoms with Gasteiger partial charge in [0.15, 0.2) is 5.78 Å². The Morgan fingerprint density at radius 2 is 2.00 bits per heavy atom. The van der Waals surface area contributed by atoms with Gasteiger partial charge in [0.25, 0.3) is 5.91 Å². The summed E-state index contributed by atoms with van der Waals surface area (Å²) in [6, 6.07) is 6.73. The Hall–Kier alpha value is -2.67. The summed E-state index contributed by atoms with van der Waals surface area (Å²) in [6.45, 7) is 0.0289. The van der Waals surface area contributed by atoms with Crippen LogP contribution in [-0.2, 0) is 25.4 Å². The maximum Gasteiger partial charge on any atom is 0.262 e. The molecule has 1 saturated carbocycles.